The van der Waals surface area contributed by atoms with Crippen LogP contribution in [0.25, 0.3) is 0 Å². The fourth-order valence-corrected chi connectivity index (χ4v) is 1.76. The van der Waals surface area contributed by atoms with Gasteiger partial charge in [-0.1, -0.05) is 27.2 Å². The van der Waals surface area contributed by atoms with Crippen molar-refractivity contribution in [3.05, 3.63) is 29.8 Å². The van der Waals surface area contributed by atoms with E-state index < -0.39 is 0 Å². The van der Waals surface area contributed by atoms with Gasteiger partial charge in [0.1, 0.15) is 5.82 Å². The van der Waals surface area contributed by atoms with Gasteiger partial charge in [0.15, 0.2) is 0 Å². The second-order valence-corrected chi connectivity index (χ2v) is 4.23. The molecule has 1 aromatic rings. The van der Waals surface area contributed by atoms with Crippen LogP contribution in [0.1, 0.15) is 45.3 Å². The Morgan fingerprint density at radius 2 is 2.19 bits per heavy atom. The van der Waals surface area contributed by atoms with E-state index in [0.717, 1.165) is 19.4 Å². The van der Waals surface area contributed by atoms with E-state index in [1.807, 2.05) is 6.92 Å². The molecule has 0 saturated carbocycles. The monoisotopic (exact) mass is 224 g/mol. The van der Waals surface area contributed by atoms with Crippen molar-refractivity contribution in [3.8, 4) is 0 Å². The van der Waals surface area contributed by atoms with Gasteiger partial charge in [-0.25, -0.2) is 4.39 Å². The van der Waals surface area contributed by atoms with E-state index in [1.54, 1.807) is 12.3 Å². The van der Waals surface area contributed by atoms with E-state index in [9.17, 15) is 4.39 Å². The zero-order valence-electron chi connectivity index (χ0n) is 10.3. The maximum absolute atomic E-state index is 13.6. The van der Waals surface area contributed by atoms with Crippen LogP contribution in [0.4, 0.5) is 4.39 Å². The fourth-order valence-electron chi connectivity index (χ4n) is 1.76. The second kappa shape index (κ2) is 6.59. The molecule has 0 saturated heterocycles. The van der Waals surface area contributed by atoms with Crippen molar-refractivity contribution < 1.29 is 4.39 Å². The van der Waals surface area contributed by atoms with Crippen molar-refractivity contribution in [2.45, 2.75) is 39.7 Å². The normalized spacial score (nSPS) is 14.8. The first-order chi connectivity index (χ1) is 7.69. The molecule has 3 heteroatoms. The van der Waals surface area contributed by atoms with Gasteiger partial charge in [0.25, 0.3) is 0 Å². The Bertz CT molecular complexity index is 315. The summed E-state index contributed by atoms with van der Waals surface area (Å²) in [5.74, 6) is 0.363. The molecule has 0 bridgehead atoms. The zero-order chi connectivity index (χ0) is 12.0. The third kappa shape index (κ3) is 3.56. The van der Waals surface area contributed by atoms with Crippen molar-refractivity contribution in [1.29, 1.82) is 0 Å². The van der Waals surface area contributed by atoms with Crippen LogP contribution in [-0.2, 0) is 0 Å². The van der Waals surface area contributed by atoms with Gasteiger partial charge < -0.3 is 5.32 Å². The van der Waals surface area contributed by atoms with E-state index in [2.05, 4.69) is 24.1 Å². The summed E-state index contributed by atoms with van der Waals surface area (Å²) in [7, 11) is 0. The molecule has 2 unspecified atom stereocenters. The number of nitrogens with zero attached hydrogens (tertiary/aromatic N) is 1. The highest BCUT2D eigenvalue weighted by molar-refractivity contribution is 5.11. The molecular weight excluding hydrogens is 203 g/mol. The third-order valence-electron chi connectivity index (χ3n) is 2.90. The summed E-state index contributed by atoms with van der Waals surface area (Å²) in [5.41, 5.74) is 0.546. The summed E-state index contributed by atoms with van der Waals surface area (Å²) >= 11 is 0. The molecule has 0 aliphatic heterocycles. The van der Waals surface area contributed by atoms with Crippen molar-refractivity contribution in [2.24, 2.45) is 5.92 Å². The first-order valence-corrected chi connectivity index (χ1v) is 6.02. The number of pyridine rings is 1. The summed E-state index contributed by atoms with van der Waals surface area (Å²) in [4.78, 5) is 4.15. The van der Waals surface area contributed by atoms with Crippen molar-refractivity contribution in [1.82, 2.24) is 10.3 Å². The second-order valence-electron chi connectivity index (χ2n) is 4.23. The highest BCUT2D eigenvalue weighted by atomic mass is 19.1. The Hall–Kier alpha value is -0.960. The van der Waals surface area contributed by atoms with Crippen LogP contribution in [0.3, 0.4) is 0 Å². The van der Waals surface area contributed by atoms with Crippen LogP contribution >= 0.6 is 0 Å². The number of aromatic nitrogens is 1. The SMILES string of the molecule is CCNC(CC(C)CC)c1ncccc1F. The Balaban J connectivity index is 2.80. The van der Waals surface area contributed by atoms with Gasteiger partial charge in [-0.15, -0.1) is 0 Å². The lowest BCUT2D eigenvalue weighted by Gasteiger charge is -2.20. The quantitative estimate of drug-likeness (QED) is 0.802. The van der Waals surface area contributed by atoms with E-state index in [0.29, 0.717) is 11.6 Å². The van der Waals surface area contributed by atoms with Gasteiger partial charge in [0.05, 0.1) is 11.7 Å². The lowest BCUT2D eigenvalue weighted by molar-refractivity contribution is 0.390. The Morgan fingerprint density at radius 3 is 2.75 bits per heavy atom. The summed E-state index contributed by atoms with van der Waals surface area (Å²) < 4.78 is 13.6. The summed E-state index contributed by atoms with van der Waals surface area (Å²) in [6, 6.07) is 3.13. The molecule has 0 aromatic carbocycles. The molecule has 0 amide bonds. The predicted octanol–water partition coefficient (Wildman–Crippen LogP) is 3.31. The van der Waals surface area contributed by atoms with Crippen molar-refractivity contribution in [2.75, 3.05) is 6.54 Å². The largest absolute Gasteiger partial charge is 0.309 e. The molecule has 1 rings (SSSR count). The van der Waals surface area contributed by atoms with Crippen LogP contribution in [0.15, 0.2) is 18.3 Å². The third-order valence-corrected chi connectivity index (χ3v) is 2.90. The van der Waals surface area contributed by atoms with Crippen molar-refractivity contribution in [3.63, 3.8) is 0 Å². The van der Waals surface area contributed by atoms with E-state index in [-0.39, 0.29) is 11.9 Å². The van der Waals surface area contributed by atoms with E-state index >= 15 is 0 Å². The Labute approximate surface area is 97.3 Å². The molecule has 0 radical (unpaired) electrons. The average molecular weight is 224 g/mol. The average Bonchev–Trinajstić information content (AvgIpc) is 2.29. The fraction of sp³-hybridized carbons (Fsp3) is 0.615. The maximum atomic E-state index is 13.6. The Kier molecular flexibility index (Phi) is 5.39. The Morgan fingerprint density at radius 1 is 1.44 bits per heavy atom. The number of hydrogen-bond acceptors (Lipinski definition) is 2. The minimum Gasteiger partial charge on any atom is -0.309 e. The molecule has 90 valence electrons. The summed E-state index contributed by atoms with van der Waals surface area (Å²) in [5, 5.41) is 3.30. The topological polar surface area (TPSA) is 24.9 Å². The number of hydrogen-bond donors (Lipinski definition) is 1. The van der Waals surface area contributed by atoms with Gasteiger partial charge in [-0.05, 0) is 31.0 Å². The number of rotatable bonds is 6. The molecule has 2 nitrogen and oxygen atoms in total. The molecule has 1 heterocycles. The van der Waals surface area contributed by atoms with Gasteiger partial charge >= 0.3 is 0 Å². The molecule has 1 aromatic heterocycles. The molecule has 1 N–H and O–H groups in total. The lowest BCUT2D eigenvalue weighted by atomic mass is 9.96. The summed E-state index contributed by atoms with van der Waals surface area (Å²) in [6.07, 6.45) is 3.69. The van der Waals surface area contributed by atoms with Gasteiger partial charge in [-0.3, -0.25) is 4.98 Å². The number of nitrogens with one attached hydrogen (secondary N) is 1. The van der Waals surface area contributed by atoms with E-state index in [4.69, 9.17) is 0 Å². The van der Waals surface area contributed by atoms with Crippen LogP contribution < -0.4 is 5.32 Å². The molecule has 0 aliphatic carbocycles. The lowest BCUT2D eigenvalue weighted by Crippen LogP contribution is -2.24. The zero-order valence-corrected chi connectivity index (χ0v) is 10.3. The molecule has 0 aliphatic rings. The molecule has 0 fully saturated rings. The maximum Gasteiger partial charge on any atom is 0.146 e. The van der Waals surface area contributed by atoms with Gasteiger partial charge in [-0.2, -0.15) is 0 Å². The molecule has 2 atom stereocenters. The van der Waals surface area contributed by atoms with Crippen molar-refractivity contribution >= 4 is 0 Å². The molecule has 16 heavy (non-hydrogen) atoms. The smallest absolute Gasteiger partial charge is 0.146 e. The highest BCUT2D eigenvalue weighted by Gasteiger charge is 2.17. The minimum absolute atomic E-state index is 0.0288. The predicted molar refractivity (Wildman–Crippen MR) is 64.7 cm³/mol. The highest BCUT2D eigenvalue weighted by Crippen LogP contribution is 2.23. The van der Waals surface area contributed by atoms with Gasteiger partial charge in [0, 0.05) is 6.20 Å². The first kappa shape index (κ1) is 13.1. The van der Waals surface area contributed by atoms with E-state index in [1.165, 1.54) is 6.07 Å². The standard InChI is InChI=1S/C13H21FN2/c1-4-10(3)9-12(15-5-2)13-11(14)7-6-8-16-13/h6-8,10,12,15H,4-5,9H2,1-3H3. The van der Waals surface area contributed by atoms with Gasteiger partial charge in [0.2, 0.25) is 0 Å². The molecular formula is C13H21FN2. The van der Waals surface area contributed by atoms with Crippen LogP contribution in [0.5, 0.6) is 0 Å². The summed E-state index contributed by atoms with van der Waals surface area (Å²) in [6.45, 7) is 7.20. The van der Waals surface area contributed by atoms with Crippen LogP contribution in [-0.4, -0.2) is 11.5 Å². The minimum atomic E-state index is -0.211. The first-order valence-electron chi connectivity index (χ1n) is 6.02. The number of halogens is 1. The van der Waals surface area contributed by atoms with Crippen LogP contribution in [0, 0.1) is 11.7 Å². The molecule has 0 spiro atoms. The van der Waals surface area contributed by atoms with Crippen LogP contribution in [0.2, 0.25) is 0 Å².